The summed E-state index contributed by atoms with van der Waals surface area (Å²) in [6.07, 6.45) is 3.26. The third-order valence-electron chi connectivity index (χ3n) is 2.57. The standard InChI is InChI=1S/C11H22N2OS/c1-3-6-15-8-11(14)13-10-4-5-12-9(2)7-10/h9-10,12H,3-8H2,1-2H3,(H,13,14). The number of hydrogen-bond acceptors (Lipinski definition) is 3. The van der Waals surface area contributed by atoms with E-state index in [2.05, 4.69) is 24.5 Å². The maximum atomic E-state index is 11.5. The Hall–Kier alpha value is -0.220. The number of nitrogens with one attached hydrogen (secondary N) is 2. The van der Waals surface area contributed by atoms with Crippen molar-refractivity contribution in [3.8, 4) is 0 Å². The van der Waals surface area contributed by atoms with Crippen LogP contribution in [0.1, 0.15) is 33.1 Å². The molecule has 0 aromatic heterocycles. The van der Waals surface area contributed by atoms with E-state index in [-0.39, 0.29) is 5.91 Å². The number of piperidine rings is 1. The van der Waals surface area contributed by atoms with Gasteiger partial charge in [0.25, 0.3) is 0 Å². The Morgan fingerprint density at radius 2 is 2.40 bits per heavy atom. The maximum Gasteiger partial charge on any atom is 0.230 e. The molecular weight excluding hydrogens is 208 g/mol. The zero-order chi connectivity index (χ0) is 11.1. The average Bonchev–Trinajstić information content (AvgIpc) is 2.18. The molecule has 1 rings (SSSR count). The molecule has 4 heteroatoms. The van der Waals surface area contributed by atoms with Crippen molar-refractivity contribution in [1.82, 2.24) is 10.6 Å². The fourth-order valence-corrected chi connectivity index (χ4v) is 2.54. The van der Waals surface area contributed by atoms with E-state index in [1.807, 2.05) is 0 Å². The first-order valence-electron chi connectivity index (χ1n) is 5.83. The van der Waals surface area contributed by atoms with E-state index >= 15 is 0 Å². The molecule has 1 aliphatic heterocycles. The van der Waals surface area contributed by atoms with Crippen molar-refractivity contribution in [2.24, 2.45) is 0 Å². The summed E-state index contributed by atoms with van der Waals surface area (Å²) in [7, 11) is 0. The van der Waals surface area contributed by atoms with Crippen LogP contribution in [0.15, 0.2) is 0 Å². The summed E-state index contributed by atoms with van der Waals surface area (Å²) in [5.41, 5.74) is 0. The highest BCUT2D eigenvalue weighted by Gasteiger charge is 2.19. The normalized spacial score (nSPS) is 26.3. The van der Waals surface area contributed by atoms with E-state index < -0.39 is 0 Å². The Kier molecular flexibility index (Phi) is 6.10. The summed E-state index contributed by atoms with van der Waals surface area (Å²) in [4.78, 5) is 11.5. The highest BCUT2D eigenvalue weighted by atomic mass is 32.2. The van der Waals surface area contributed by atoms with Crippen LogP contribution in [0.25, 0.3) is 0 Å². The molecule has 0 aromatic carbocycles. The molecule has 0 aliphatic carbocycles. The SMILES string of the molecule is CCCSCC(=O)NC1CCNC(C)C1. The van der Waals surface area contributed by atoms with E-state index in [9.17, 15) is 4.79 Å². The third-order valence-corrected chi connectivity index (χ3v) is 3.73. The molecule has 2 unspecified atom stereocenters. The molecule has 15 heavy (non-hydrogen) atoms. The zero-order valence-electron chi connectivity index (χ0n) is 9.71. The monoisotopic (exact) mass is 230 g/mol. The van der Waals surface area contributed by atoms with Gasteiger partial charge in [0.1, 0.15) is 0 Å². The van der Waals surface area contributed by atoms with Gasteiger partial charge in [-0.3, -0.25) is 4.79 Å². The Bertz CT molecular complexity index is 199. The van der Waals surface area contributed by atoms with Crippen LogP contribution in [-0.4, -0.2) is 36.0 Å². The lowest BCUT2D eigenvalue weighted by Gasteiger charge is -2.28. The first kappa shape index (κ1) is 12.8. The Morgan fingerprint density at radius 3 is 3.07 bits per heavy atom. The summed E-state index contributed by atoms with van der Waals surface area (Å²) in [5.74, 6) is 1.90. The van der Waals surface area contributed by atoms with Crippen LogP contribution in [-0.2, 0) is 4.79 Å². The lowest BCUT2D eigenvalue weighted by atomic mass is 10.0. The van der Waals surface area contributed by atoms with Crippen LogP contribution >= 0.6 is 11.8 Å². The number of amides is 1. The minimum Gasteiger partial charge on any atom is -0.353 e. The Labute approximate surface area is 96.8 Å². The highest BCUT2D eigenvalue weighted by Crippen LogP contribution is 2.08. The maximum absolute atomic E-state index is 11.5. The molecule has 1 heterocycles. The minimum atomic E-state index is 0.201. The summed E-state index contributed by atoms with van der Waals surface area (Å²) in [6.45, 7) is 5.33. The lowest BCUT2D eigenvalue weighted by Crippen LogP contribution is -2.47. The number of carbonyl (C=O) groups is 1. The fraction of sp³-hybridized carbons (Fsp3) is 0.909. The highest BCUT2D eigenvalue weighted by molar-refractivity contribution is 7.99. The molecule has 0 aromatic rings. The second-order valence-electron chi connectivity index (χ2n) is 4.20. The van der Waals surface area contributed by atoms with E-state index in [0.29, 0.717) is 17.8 Å². The van der Waals surface area contributed by atoms with Crippen molar-refractivity contribution in [2.75, 3.05) is 18.1 Å². The van der Waals surface area contributed by atoms with Gasteiger partial charge >= 0.3 is 0 Å². The van der Waals surface area contributed by atoms with Crippen molar-refractivity contribution in [3.63, 3.8) is 0 Å². The molecule has 3 nitrogen and oxygen atoms in total. The Morgan fingerprint density at radius 1 is 1.60 bits per heavy atom. The van der Waals surface area contributed by atoms with Gasteiger partial charge in [-0.2, -0.15) is 11.8 Å². The van der Waals surface area contributed by atoms with Crippen molar-refractivity contribution < 1.29 is 4.79 Å². The summed E-state index contributed by atoms with van der Waals surface area (Å²) in [5, 5.41) is 6.49. The molecule has 0 spiro atoms. The molecule has 2 atom stereocenters. The third kappa shape index (κ3) is 5.42. The number of hydrogen-bond donors (Lipinski definition) is 2. The number of rotatable bonds is 5. The van der Waals surface area contributed by atoms with Gasteiger partial charge in [-0.25, -0.2) is 0 Å². The van der Waals surface area contributed by atoms with Crippen LogP contribution in [0.4, 0.5) is 0 Å². The van der Waals surface area contributed by atoms with Gasteiger partial charge in [-0.1, -0.05) is 6.92 Å². The average molecular weight is 230 g/mol. The van der Waals surface area contributed by atoms with Gasteiger partial charge < -0.3 is 10.6 Å². The molecule has 0 saturated carbocycles. The van der Waals surface area contributed by atoms with Crippen LogP contribution in [0.3, 0.4) is 0 Å². The van der Waals surface area contributed by atoms with Crippen molar-refractivity contribution >= 4 is 17.7 Å². The van der Waals surface area contributed by atoms with Gasteiger partial charge in [-0.15, -0.1) is 0 Å². The molecule has 0 bridgehead atoms. The lowest BCUT2D eigenvalue weighted by molar-refractivity contribution is -0.119. The molecule has 1 aliphatic rings. The van der Waals surface area contributed by atoms with Gasteiger partial charge in [0.05, 0.1) is 5.75 Å². The van der Waals surface area contributed by atoms with E-state index in [1.165, 1.54) is 0 Å². The van der Waals surface area contributed by atoms with Crippen LogP contribution < -0.4 is 10.6 Å². The van der Waals surface area contributed by atoms with Crippen LogP contribution in [0.5, 0.6) is 0 Å². The van der Waals surface area contributed by atoms with Gasteiger partial charge in [0, 0.05) is 12.1 Å². The molecule has 1 fully saturated rings. The van der Waals surface area contributed by atoms with E-state index in [0.717, 1.165) is 31.6 Å². The molecular formula is C11H22N2OS. The smallest absolute Gasteiger partial charge is 0.230 e. The second kappa shape index (κ2) is 7.12. The second-order valence-corrected chi connectivity index (χ2v) is 5.30. The minimum absolute atomic E-state index is 0.201. The van der Waals surface area contributed by atoms with Gasteiger partial charge in [0.2, 0.25) is 5.91 Å². The summed E-state index contributed by atoms with van der Waals surface area (Å²) < 4.78 is 0. The van der Waals surface area contributed by atoms with Crippen molar-refractivity contribution in [1.29, 1.82) is 0 Å². The van der Waals surface area contributed by atoms with E-state index in [4.69, 9.17) is 0 Å². The molecule has 1 saturated heterocycles. The van der Waals surface area contributed by atoms with Crippen LogP contribution in [0, 0.1) is 0 Å². The molecule has 0 radical (unpaired) electrons. The van der Waals surface area contributed by atoms with Crippen LogP contribution in [0.2, 0.25) is 0 Å². The molecule has 2 N–H and O–H groups in total. The zero-order valence-corrected chi connectivity index (χ0v) is 10.5. The predicted molar refractivity (Wildman–Crippen MR) is 66.2 cm³/mol. The van der Waals surface area contributed by atoms with Gasteiger partial charge in [0.15, 0.2) is 0 Å². The van der Waals surface area contributed by atoms with E-state index in [1.54, 1.807) is 11.8 Å². The van der Waals surface area contributed by atoms with Crippen molar-refractivity contribution in [3.05, 3.63) is 0 Å². The summed E-state index contributed by atoms with van der Waals surface area (Å²) >= 11 is 1.72. The number of carbonyl (C=O) groups excluding carboxylic acids is 1. The quantitative estimate of drug-likeness (QED) is 0.701. The summed E-state index contributed by atoms with van der Waals surface area (Å²) in [6, 6.07) is 0.920. The van der Waals surface area contributed by atoms with Crippen molar-refractivity contribution in [2.45, 2.75) is 45.2 Å². The largest absolute Gasteiger partial charge is 0.353 e. The number of thioether (sulfide) groups is 1. The fourth-order valence-electron chi connectivity index (χ4n) is 1.84. The predicted octanol–water partition coefficient (Wildman–Crippen LogP) is 1.39. The first-order chi connectivity index (χ1) is 7.22. The topological polar surface area (TPSA) is 41.1 Å². The van der Waals surface area contributed by atoms with Gasteiger partial charge in [-0.05, 0) is 38.5 Å². The molecule has 88 valence electrons. The first-order valence-corrected chi connectivity index (χ1v) is 6.98. The Balaban J connectivity index is 2.13. The molecule has 1 amide bonds.